The number of hydrogen-bond acceptors (Lipinski definition) is 5. The van der Waals surface area contributed by atoms with E-state index in [1.54, 1.807) is 0 Å². The standard InChI is InChI=1S/C23H27Cl3O5/c1-2-30-16-6-3-13(4-7-16)9-15-10-14(5-8-17(15)24)20-18(28)19(29)21-22(12-27,31-20)11-23(21,25)26/h3-8,14,18-21,27-29H,2,9-12H2,1H3. The van der Waals surface area contributed by atoms with Gasteiger partial charge in [0.15, 0.2) is 0 Å². The Morgan fingerprint density at radius 1 is 1.16 bits per heavy atom. The third-order valence-corrected chi connectivity index (χ3v) is 7.74. The number of rotatable bonds is 6. The molecule has 4 rings (SSSR count). The summed E-state index contributed by atoms with van der Waals surface area (Å²) in [5.74, 6) is -0.149. The summed E-state index contributed by atoms with van der Waals surface area (Å²) in [4.78, 5) is 0. The first-order valence-electron chi connectivity index (χ1n) is 10.5. The molecule has 1 saturated carbocycles. The van der Waals surface area contributed by atoms with Crippen molar-refractivity contribution < 1.29 is 24.8 Å². The molecule has 0 spiro atoms. The second-order valence-electron chi connectivity index (χ2n) is 8.63. The Morgan fingerprint density at radius 3 is 2.48 bits per heavy atom. The molecule has 1 aliphatic heterocycles. The van der Waals surface area contributed by atoms with Gasteiger partial charge in [0.2, 0.25) is 0 Å². The van der Waals surface area contributed by atoms with Crippen molar-refractivity contribution in [3.05, 3.63) is 52.6 Å². The minimum absolute atomic E-state index is 0.191. The van der Waals surface area contributed by atoms with Crippen LogP contribution in [0.4, 0.5) is 0 Å². The molecule has 170 valence electrons. The summed E-state index contributed by atoms with van der Waals surface area (Å²) < 4.78 is 10.4. The fraction of sp³-hybridized carbons (Fsp3) is 0.565. The predicted molar refractivity (Wildman–Crippen MR) is 121 cm³/mol. The van der Waals surface area contributed by atoms with Crippen molar-refractivity contribution in [2.24, 2.45) is 11.8 Å². The number of fused-ring (bicyclic) bond motifs is 1. The molecule has 31 heavy (non-hydrogen) atoms. The Morgan fingerprint density at radius 2 is 1.87 bits per heavy atom. The normalized spacial score (nSPS) is 36.7. The molecule has 1 saturated heterocycles. The third kappa shape index (κ3) is 4.26. The molecule has 3 aliphatic rings. The summed E-state index contributed by atoms with van der Waals surface area (Å²) in [7, 11) is 0. The maximum absolute atomic E-state index is 10.8. The van der Waals surface area contributed by atoms with Gasteiger partial charge in [-0.3, -0.25) is 0 Å². The third-order valence-electron chi connectivity index (χ3n) is 6.61. The van der Waals surface area contributed by atoms with E-state index in [2.05, 4.69) is 0 Å². The van der Waals surface area contributed by atoms with Crippen molar-refractivity contribution in [3.8, 4) is 5.75 Å². The van der Waals surface area contributed by atoms with Crippen LogP contribution in [0.15, 0.2) is 47.0 Å². The Balaban J connectivity index is 1.49. The first-order chi connectivity index (χ1) is 14.7. The summed E-state index contributed by atoms with van der Waals surface area (Å²) >= 11 is 19.0. The smallest absolute Gasteiger partial charge is 0.129 e. The second kappa shape index (κ2) is 8.86. The van der Waals surface area contributed by atoms with Crippen LogP contribution in [0.2, 0.25) is 0 Å². The van der Waals surface area contributed by atoms with E-state index in [1.165, 1.54) is 0 Å². The highest BCUT2D eigenvalue weighted by atomic mass is 35.5. The van der Waals surface area contributed by atoms with Crippen molar-refractivity contribution in [2.45, 2.75) is 54.4 Å². The van der Waals surface area contributed by atoms with Crippen LogP contribution in [0.3, 0.4) is 0 Å². The van der Waals surface area contributed by atoms with Crippen LogP contribution in [-0.2, 0) is 11.2 Å². The Bertz CT molecular complexity index is 868. The molecule has 1 aromatic rings. The summed E-state index contributed by atoms with van der Waals surface area (Å²) in [6.45, 7) is 2.23. The lowest BCUT2D eigenvalue weighted by Gasteiger charge is -2.63. The number of alkyl halides is 2. The molecule has 0 aromatic heterocycles. The number of hydrogen-bond donors (Lipinski definition) is 3. The summed E-state index contributed by atoms with van der Waals surface area (Å²) in [6, 6.07) is 7.87. The Kier molecular flexibility index (Phi) is 6.68. The number of aliphatic hydroxyl groups is 3. The summed E-state index contributed by atoms with van der Waals surface area (Å²) in [5.41, 5.74) is 1.05. The van der Waals surface area contributed by atoms with E-state index in [4.69, 9.17) is 44.3 Å². The van der Waals surface area contributed by atoms with Gasteiger partial charge in [-0.15, -0.1) is 23.2 Å². The van der Waals surface area contributed by atoms with Crippen LogP contribution in [0.1, 0.15) is 25.3 Å². The van der Waals surface area contributed by atoms with Gasteiger partial charge in [0.05, 0.1) is 31.3 Å². The van der Waals surface area contributed by atoms with E-state index >= 15 is 0 Å². The van der Waals surface area contributed by atoms with Crippen molar-refractivity contribution in [2.75, 3.05) is 13.2 Å². The fourth-order valence-electron chi connectivity index (χ4n) is 5.09. The van der Waals surface area contributed by atoms with Gasteiger partial charge in [-0.1, -0.05) is 29.8 Å². The van der Waals surface area contributed by atoms with E-state index < -0.39 is 34.2 Å². The Labute approximate surface area is 197 Å². The van der Waals surface area contributed by atoms with Crippen molar-refractivity contribution in [1.29, 1.82) is 0 Å². The predicted octanol–water partition coefficient (Wildman–Crippen LogP) is 3.74. The number of allylic oxidation sites excluding steroid dienone is 3. The lowest BCUT2D eigenvalue weighted by atomic mass is 9.61. The molecule has 0 bridgehead atoms. The van der Waals surface area contributed by atoms with E-state index in [9.17, 15) is 15.3 Å². The molecule has 1 aromatic carbocycles. The molecule has 2 fully saturated rings. The molecule has 5 nitrogen and oxygen atoms in total. The van der Waals surface area contributed by atoms with Gasteiger partial charge < -0.3 is 24.8 Å². The van der Waals surface area contributed by atoms with Gasteiger partial charge in [-0.05, 0) is 49.1 Å². The monoisotopic (exact) mass is 488 g/mol. The number of benzene rings is 1. The minimum Gasteiger partial charge on any atom is -0.494 e. The highest BCUT2D eigenvalue weighted by Crippen LogP contribution is 2.61. The van der Waals surface area contributed by atoms with Crippen LogP contribution in [0.25, 0.3) is 0 Å². The highest BCUT2D eigenvalue weighted by Gasteiger charge is 2.70. The largest absolute Gasteiger partial charge is 0.494 e. The molecule has 6 atom stereocenters. The maximum atomic E-state index is 10.8. The molecular formula is C23H27Cl3O5. The number of ether oxygens (including phenoxy) is 2. The summed E-state index contributed by atoms with van der Waals surface area (Å²) in [6.07, 6.45) is 2.03. The zero-order chi connectivity index (χ0) is 22.4. The fourth-order valence-corrected chi connectivity index (χ4v) is 6.41. The van der Waals surface area contributed by atoms with Gasteiger partial charge in [-0.2, -0.15) is 0 Å². The van der Waals surface area contributed by atoms with E-state index in [0.717, 1.165) is 16.9 Å². The summed E-state index contributed by atoms with van der Waals surface area (Å²) in [5, 5.41) is 32.2. The zero-order valence-electron chi connectivity index (χ0n) is 17.2. The van der Waals surface area contributed by atoms with Crippen LogP contribution in [-0.4, -0.2) is 56.8 Å². The lowest BCUT2D eigenvalue weighted by molar-refractivity contribution is -0.305. The molecule has 8 heteroatoms. The average Bonchev–Trinajstić information content (AvgIpc) is 2.73. The SMILES string of the molecule is CCOc1ccc(CC2=C(Cl)C=CC(C3OC4(CO)CC(Cl)(Cl)C4C(O)C3O)C2)cc1. The average molecular weight is 490 g/mol. The topological polar surface area (TPSA) is 79.2 Å². The molecule has 3 N–H and O–H groups in total. The molecule has 2 aliphatic carbocycles. The quantitative estimate of drug-likeness (QED) is 0.531. The van der Waals surface area contributed by atoms with E-state index in [1.807, 2.05) is 43.3 Å². The van der Waals surface area contributed by atoms with E-state index in [0.29, 0.717) is 24.5 Å². The highest BCUT2D eigenvalue weighted by molar-refractivity contribution is 6.49. The number of halogens is 3. The minimum atomic E-state index is -1.24. The van der Waals surface area contributed by atoms with Crippen LogP contribution < -0.4 is 4.74 Å². The first-order valence-corrected chi connectivity index (χ1v) is 11.6. The van der Waals surface area contributed by atoms with Crippen LogP contribution in [0, 0.1) is 11.8 Å². The molecule has 0 radical (unpaired) electrons. The van der Waals surface area contributed by atoms with Crippen molar-refractivity contribution in [3.63, 3.8) is 0 Å². The zero-order valence-corrected chi connectivity index (χ0v) is 19.4. The lowest BCUT2D eigenvalue weighted by Crippen LogP contribution is -2.75. The molecule has 1 heterocycles. The maximum Gasteiger partial charge on any atom is 0.129 e. The number of aliphatic hydroxyl groups excluding tert-OH is 3. The second-order valence-corrected chi connectivity index (χ2v) is 10.6. The molecule has 6 unspecified atom stereocenters. The van der Waals surface area contributed by atoms with Crippen molar-refractivity contribution >= 4 is 34.8 Å². The van der Waals surface area contributed by atoms with Gasteiger partial charge in [0, 0.05) is 17.4 Å². The van der Waals surface area contributed by atoms with Crippen molar-refractivity contribution in [1.82, 2.24) is 0 Å². The van der Waals surface area contributed by atoms with Crippen LogP contribution in [0.5, 0.6) is 5.75 Å². The van der Waals surface area contributed by atoms with Crippen LogP contribution >= 0.6 is 34.8 Å². The van der Waals surface area contributed by atoms with Gasteiger partial charge >= 0.3 is 0 Å². The van der Waals surface area contributed by atoms with E-state index in [-0.39, 0.29) is 18.9 Å². The van der Waals surface area contributed by atoms with Gasteiger partial charge in [-0.25, -0.2) is 0 Å². The molecular weight excluding hydrogens is 463 g/mol. The first kappa shape index (κ1) is 23.4. The molecule has 0 amide bonds. The van der Waals surface area contributed by atoms with Gasteiger partial charge in [0.25, 0.3) is 0 Å². The Hall–Kier alpha value is -0.790. The van der Waals surface area contributed by atoms with Gasteiger partial charge in [0.1, 0.15) is 21.8 Å².